The molecule has 0 atom stereocenters. The van der Waals surface area contributed by atoms with Crippen LogP contribution in [0.3, 0.4) is 0 Å². The summed E-state index contributed by atoms with van der Waals surface area (Å²) in [6, 6.07) is 19.0. The number of methoxy groups -OCH3 is 1. The molecule has 2 amide bonds. The van der Waals surface area contributed by atoms with E-state index < -0.39 is 4.92 Å². The lowest BCUT2D eigenvalue weighted by Gasteiger charge is -2.14. The van der Waals surface area contributed by atoms with E-state index in [0.29, 0.717) is 27.5 Å². The van der Waals surface area contributed by atoms with Crippen LogP contribution in [0.4, 0.5) is 10.5 Å². The van der Waals surface area contributed by atoms with Crippen LogP contribution < -0.4 is 9.47 Å². The smallest absolute Gasteiger partial charge is 0.293 e. The fourth-order valence-corrected chi connectivity index (χ4v) is 4.45. The van der Waals surface area contributed by atoms with Gasteiger partial charge < -0.3 is 9.47 Å². The minimum absolute atomic E-state index is 0.0371. The van der Waals surface area contributed by atoms with Crippen LogP contribution >= 0.6 is 11.8 Å². The standard InChI is InChI=1S/C26H22N2O6S/c1-17-7-3-4-8-19(17)15-27-25(29)24(35-26(27)30)14-18-11-12-22(33-2)23(13-18)34-16-20-9-5-6-10-21(20)28(31)32/h3-14H,15-16H2,1-2H3/b24-14-. The van der Waals surface area contributed by atoms with Gasteiger partial charge in [0.05, 0.1) is 29.0 Å². The number of carbonyl (C=O) groups is 2. The average molecular weight is 491 g/mol. The number of para-hydroxylation sites is 1. The van der Waals surface area contributed by atoms with Gasteiger partial charge in [0.2, 0.25) is 0 Å². The van der Waals surface area contributed by atoms with Crippen LogP contribution in [-0.2, 0) is 17.9 Å². The van der Waals surface area contributed by atoms with Crippen molar-refractivity contribution in [3.05, 3.63) is 104 Å². The number of imide groups is 1. The summed E-state index contributed by atoms with van der Waals surface area (Å²) in [7, 11) is 1.49. The maximum Gasteiger partial charge on any atom is 0.293 e. The number of ether oxygens (including phenoxy) is 2. The number of nitro benzene ring substituents is 1. The average Bonchev–Trinajstić information content (AvgIpc) is 3.11. The van der Waals surface area contributed by atoms with Crippen LogP contribution in [0.5, 0.6) is 11.5 Å². The van der Waals surface area contributed by atoms with Gasteiger partial charge in [0.1, 0.15) is 6.61 Å². The molecule has 0 spiro atoms. The Morgan fingerprint density at radius 2 is 1.71 bits per heavy atom. The van der Waals surface area contributed by atoms with Crippen molar-refractivity contribution in [3.8, 4) is 11.5 Å². The summed E-state index contributed by atoms with van der Waals surface area (Å²) < 4.78 is 11.2. The van der Waals surface area contributed by atoms with E-state index in [0.717, 1.165) is 22.9 Å². The molecule has 3 aromatic rings. The maximum atomic E-state index is 13.0. The summed E-state index contributed by atoms with van der Waals surface area (Å²) in [6.07, 6.45) is 1.63. The number of nitro groups is 1. The second kappa shape index (κ2) is 10.4. The summed E-state index contributed by atoms with van der Waals surface area (Å²) in [4.78, 5) is 37.8. The Bertz CT molecular complexity index is 1340. The fourth-order valence-electron chi connectivity index (χ4n) is 3.61. The van der Waals surface area contributed by atoms with Crippen molar-refractivity contribution in [2.45, 2.75) is 20.1 Å². The Hall–Kier alpha value is -4.11. The molecule has 0 unspecified atom stereocenters. The number of hydrogen-bond donors (Lipinski definition) is 0. The Morgan fingerprint density at radius 3 is 2.43 bits per heavy atom. The molecule has 178 valence electrons. The van der Waals surface area contributed by atoms with E-state index in [2.05, 4.69) is 0 Å². The van der Waals surface area contributed by atoms with Crippen LogP contribution in [-0.4, -0.2) is 28.1 Å². The molecule has 1 aliphatic heterocycles. The van der Waals surface area contributed by atoms with E-state index >= 15 is 0 Å². The maximum absolute atomic E-state index is 13.0. The molecule has 1 aliphatic rings. The Labute approximate surface area is 206 Å². The number of carbonyl (C=O) groups excluding carboxylic acids is 2. The minimum atomic E-state index is -0.459. The van der Waals surface area contributed by atoms with Gasteiger partial charge in [-0.15, -0.1) is 0 Å². The van der Waals surface area contributed by atoms with Gasteiger partial charge in [0.15, 0.2) is 11.5 Å². The highest BCUT2D eigenvalue weighted by Crippen LogP contribution is 2.36. The highest BCUT2D eigenvalue weighted by atomic mass is 32.2. The van der Waals surface area contributed by atoms with Gasteiger partial charge in [0, 0.05) is 6.07 Å². The molecule has 4 rings (SSSR count). The first-order valence-electron chi connectivity index (χ1n) is 10.7. The first kappa shape index (κ1) is 24.0. The van der Waals surface area contributed by atoms with E-state index in [4.69, 9.17) is 9.47 Å². The number of benzene rings is 3. The normalized spacial score (nSPS) is 14.5. The first-order valence-corrected chi connectivity index (χ1v) is 11.5. The van der Waals surface area contributed by atoms with Crippen molar-refractivity contribution >= 4 is 34.7 Å². The molecule has 0 N–H and O–H groups in total. The summed E-state index contributed by atoms with van der Waals surface area (Å²) in [5, 5.41) is 10.9. The van der Waals surface area contributed by atoms with Gasteiger partial charge in [0.25, 0.3) is 16.8 Å². The molecule has 0 bridgehead atoms. The largest absolute Gasteiger partial charge is 0.493 e. The van der Waals surface area contributed by atoms with Crippen LogP contribution in [0.1, 0.15) is 22.3 Å². The number of rotatable bonds is 8. The third-order valence-corrected chi connectivity index (χ3v) is 6.43. The monoisotopic (exact) mass is 490 g/mol. The molecule has 0 saturated carbocycles. The topological polar surface area (TPSA) is 99.0 Å². The van der Waals surface area contributed by atoms with Gasteiger partial charge in [-0.2, -0.15) is 0 Å². The zero-order valence-corrected chi connectivity index (χ0v) is 19.9. The molecule has 1 fully saturated rings. The fraction of sp³-hybridized carbons (Fsp3) is 0.154. The van der Waals surface area contributed by atoms with Gasteiger partial charge in [-0.05, 0) is 59.7 Å². The molecule has 8 nitrogen and oxygen atoms in total. The zero-order valence-electron chi connectivity index (χ0n) is 19.1. The van der Waals surface area contributed by atoms with Crippen molar-refractivity contribution in [1.82, 2.24) is 4.90 Å². The lowest BCUT2D eigenvalue weighted by Crippen LogP contribution is -2.27. The second-order valence-electron chi connectivity index (χ2n) is 7.78. The van der Waals surface area contributed by atoms with E-state index in [-0.39, 0.29) is 30.0 Å². The zero-order chi connectivity index (χ0) is 24.9. The predicted molar refractivity (Wildman–Crippen MR) is 133 cm³/mol. The highest BCUT2D eigenvalue weighted by molar-refractivity contribution is 8.18. The number of aryl methyl sites for hydroxylation is 1. The van der Waals surface area contributed by atoms with Crippen LogP contribution in [0.25, 0.3) is 6.08 Å². The highest BCUT2D eigenvalue weighted by Gasteiger charge is 2.35. The van der Waals surface area contributed by atoms with E-state index in [1.165, 1.54) is 18.1 Å². The molecular weight excluding hydrogens is 468 g/mol. The van der Waals surface area contributed by atoms with E-state index in [1.807, 2.05) is 31.2 Å². The van der Waals surface area contributed by atoms with Crippen LogP contribution in [0.2, 0.25) is 0 Å². The molecule has 1 heterocycles. The van der Waals surface area contributed by atoms with Crippen molar-refractivity contribution in [2.24, 2.45) is 0 Å². The van der Waals surface area contributed by atoms with Gasteiger partial charge in [-0.1, -0.05) is 42.5 Å². The SMILES string of the molecule is COc1ccc(/C=C2\SC(=O)N(Cc3ccccc3C)C2=O)cc1OCc1ccccc1[N+](=O)[O-]. The second-order valence-corrected chi connectivity index (χ2v) is 8.77. The molecular formula is C26H22N2O6S. The van der Waals surface area contributed by atoms with Crippen LogP contribution in [0.15, 0.2) is 71.6 Å². The lowest BCUT2D eigenvalue weighted by molar-refractivity contribution is -0.385. The first-order chi connectivity index (χ1) is 16.9. The Morgan fingerprint density at radius 1 is 1.00 bits per heavy atom. The molecule has 9 heteroatoms. The van der Waals surface area contributed by atoms with Gasteiger partial charge in [-0.3, -0.25) is 24.6 Å². The number of hydrogen-bond acceptors (Lipinski definition) is 7. The number of thioether (sulfide) groups is 1. The molecule has 3 aromatic carbocycles. The van der Waals surface area contributed by atoms with Crippen molar-refractivity contribution in [1.29, 1.82) is 0 Å². The predicted octanol–water partition coefficient (Wildman–Crippen LogP) is 5.73. The summed E-state index contributed by atoms with van der Waals surface area (Å²) in [5.74, 6) is 0.438. The molecule has 35 heavy (non-hydrogen) atoms. The third kappa shape index (κ3) is 5.36. The minimum Gasteiger partial charge on any atom is -0.493 e. The van der Waals surface area contributed by atoms with E-state index in [1.54, 1.807) is 42.5 Å². The van der Waals surface area contributed by atoms with Crippen molar-refractivity contribution in [3.63, 3.8) is 0 Å². The number of amides is 2. The third-order valence-electron chi connectivity index (χ3n) is 5.52. The Balaban J connectivity index is 1.55. The summed E-state index contributed by atoms with van der Waals surface area (Å²) in [5.41, 5.74) is 2.93. The molecule has 0 aliphatic carbocycles. The molecule has 0 radical (unpaired) electrons. The van der Waals surface area contributed by atoms with Crippen LogP contribution in [0, 0.1) is 17.0 Å². The number of nitrogens with zero attached hydrogens (tertiary/aromatic N) is 2. The lowest BCUT2D eigenvalue weighted by atomic mass is 10.1. The van der Waals surface area contributed by atoms with Crippen molar-refractivity contribution < 1.29 is 24.0 Å². The van der Waals surface area contributed by atoms with E-state index in [9.17, 15) is 19.7 Å². The van der Waals surface area contributed by atoms with Gasteiger partial charge >= 0.3 is 0 Å². The molecule has 1 saturated heterocycles. The Kier molecular flexibility index (Phi) is 7.17. The molecule has 0 aromatic heterocycles. The quantitative estimate of drug-likeness (QED) is 0.226. The summed E-state index contributed by atoms with van der Waals surface area (Å²) in [6.45, 7) is 2.11. The van der Waals surface area contributed by atoms with Gasteiger partial charge in [-0.25, -0.2) is 0 Å². The summed E-state index contributed by atoms with van der Waals surface area (Å²) >= 11 is 0.884. The van der Waals surface area contributed by atoms with Crippen molar-refractivity contribution in [2.75, 3.05) is 7.11 Å².